The minimum absolute atomic E-state index is 0.161. The molecule has 1 aromatic carbocycles. The van der Waals surface area contributed by atoms with Crippen molar-refractivity contribution in [2.45, 2.75) is 19.1 Å². The standard InChI is InChI=1S/C13H16O4/c14-12(11-6-7-17-13(11)15)9-16-8-10-4-2-1-3-5-10/h1-5,11-12,14H,6-9H2/t11-,12+/m0/s1. The summed E-state index contributed by atoms with van der Waals surface area (Å²) in [5, 5.41) is 9.77. The fourth-order valence-corrected chi connectivity index (χ4v) is 1.85. The Morgan fingerprint density at radius 1 is 1.41 bits per heavy atom. The number of aliphatic hydroxyl groups excluding tert-OH is 1. The van der Waals surface area contributed by atoms with Gasteiger partial charge in [0.25, 0.3) is 0 Å². The first-order chi connectivity index (χ1) is 8.27. The molecule has 1 aliphatic rings. The van der Waals surface area contributed by atoms with Crippen molar-refractivity contribution in [3.8, 4) is 0 Å². The maximum atomic E-state index is 11.2. The van der Waals surface area contributed by atoms with Gasteiger partial charge in [-0.15, -0.1) is 0 Å². The maximum Gasteiger partial charge on any atom is 0.311 e. The van der Waals surface area contributed by atoms with E-state index in [1.54, 1.807) is 0 Å². The van der Waals surface area contributed by atoms with E-state index in [2.05, 4.69) is 0 Å². The lowest BCUT2D eigenvalue weighted by atomic mass is 10.0. The van der Waals surface area contributed by atoms with E-state index in [0.717, 1.165) is 5.56 Å². The van der Waals surface area contributed by atoms with Crippen LogP contribution in [0.1, 0.15) is 12.0 Å². The fraction of sp³-hybridized carbons (Fsp3) is 0.462. The van der Waals surface area contributed by atoms with Gasteiger partial charge in [0.05, 0.1) is 31.8 Å². The topological polar surface area (TPSA) is 55.8 Å². The van der Waals surface area contributed by atoms with Crippen LogP contribution in [-0.2, 0) is 20.9 Å². The third-order valence-corrected chi connectivity index (χ3v) is 2.84. The highest BCUT2D eigenvalue weighted by atomic mass is 16.5. The predicted molar refractivity (Wildman–Crippen MR) is 61.2 cm³/mol. The van der Waals surface area contributed by atoms with Gasteiger partial charge in [0.1, 0.15) is 0 Å². The van der Waals surface area contributed by atoms with Crippen molar-refractivity contribution in [2.24, 2.45) is 5.92 Å². The molecule has 17 heavy (non-hydrogen) atoms. The summed E-state index contributed by atoms with van der Waals surface area (Å²) in [4.78, 5) is 11.2. The number of cyclic esters (lactones) is 1. The summed E-state index contributed by atoms with van der Waals surface area (Å²) in [6, 6.07) is 9.71. The molecule has 0 unspecified atom stereocenters. The summed E-state index contributed by atoms with van der Waals surface area (Å²) in [6.07, 6.45) is -0.192. The Morgan fingerprint density at radius 3 is 2.82 bits per heavy atom. The van der Waals surface area contributed by atoms with E-state index in [1.165, 1.54) is 0 Å². The molecule has 4 nitrogen and oxygen atoms in total. The van der Waals surface area contributed by atoms with Gasteiger partial charge < -0.3 is 14.6 Å². The number of benzene rings is 1. The third kappa shape index (κ3) is 3.28. The first kappa shape index (κ1) is 12.1. The Hall–Kier alpha value is -1.39. The average molecular weight is 236 g/mol. The van der Waals surface area contributed by atoms with E-state index in [-0.39, 0.29) is 12.6 Å². The number of hydrogen-bond donors (Lipinski definition) is 1. The molecule has 92 valence electrons. The SMILES string of the molecule is O=C1OCC[C@H]1[C@H](O)COCc1ccccc1. The molecule has 0 spiro atoms. The molecular weight excluding hydrogens is 220 g/mol. The number of carbonyl (C=O) groups excluding carboxylic acids is 1. The summed E-state index contributed by atoms with van der Waals surface area (Å²) in [5.74, 6) is -0.744. The van der Waals surface area contributed by atoms with Crippen molar-refractivity contribution < 1.29 is 19.4 Å². The van der Waals surface area contributed by atoms with Crippen LogP contribution in [0, 0.1) is 5.92 Å². The van der Waals surface area contributed by atoms with Crippen LogP contribution in [0.4, 0.5) is 0 Å². The summed E-state index contributed by atoms with van der Waals surface area (Å²) >= 11 is 0. The van der Waals surface area contributed by atoms with Crippen molar-refractivity contribution in [2.75, 3.05) is 13.2 Å². The van der Waals surface area contributed by atoms with Crippen LogP contribution in [0.3, 0.4) is 0 Å². The number of esters is 1. The normalized spacial score (nSPS) is 21.2. The van der Waals surface area contributed by atoms with Crippen LogP contribution in [0.25, 0.3) is 0 Å². The Kier molecular flexibility index (Phi) is 4.12. The van der Waals surface area contributed by atoms with Crippen molar-refractivity contribution in [3.63, 3.8) is 0 Å². The largest absolute Gasteiger partial charge is 0.465 e. The molecule has 0 aromatic heterocycles. The number of ether oxygens (including phenoxy) is 2. The zero-order valence-corrected chi connectivity index (χ0v) is 9.54. The van der Waals surface area contributed by atoms with Crippen LogP contribution < -0.4 is 0 Å². The van der Waals surface area contributed by atoms with Gasteiger partial charge in [-0.2, -0.15) is 0 Å². The summed E-state index contributed by atoms with van der Waals surface area (Å²) in [6.45, 7) is 1.01. The second-order valence-corrected chi connectivity index (χ2v) is 4.13. The molecule has 0 bridgehead atoms. The zero-order chi connectivity index (χ0) is 12.1. The predicted octanol–water partition coefficient (Wildman–Crippen LogP) is 1.13. The Labute approximate surface area is 100 Å². The lowest BCUT2D eigenvalue weighted by Gasteiger charge is -2.14. The summed E-state index contributed by atoms with van der Waals surface area (Å²) < 4.78 is 10.2. The van der Waals surface area contributed by atoms with Gasteiger partial charge in [0.2, 0.25) is 0 Å². The van der Waals surface area contributed by atoms with Crippen LogP contribution in [0.5, 0.6) is 0 Å². The van der Waals surface area contributed by atoms with E-state index in [0.29, 0.717) is 19.6 Å². The number of aliphatic hydroxyl groups is 1. The van der Waals surface area contributed by atoms with Gasteiger partial charge in [-0.05, 0) is 12.0 Å². The lowest BCUT2D eigenvalue weighted by molar-refractivity contribution is -0.145. The van der Waals surface area contributed by atoms with Crippen LogP contribution in [0.15, 0.2) is 30.3 Å². The smallest absolute Gasteiger partial charge is 0.311 e. The maximum absolute atomic E-state index is 11.2. The first-order valence-electron chi connectivity index (χ1n) is 5.74. The Bertz CT molecular complexity index is 363. The van der Waals surface area contributed by atoms with Crippen molar-refractivity contribution in [1.29, 1.82) is 0 Å². The molecule has 1 N–H and O–H groups in total. The molecule has 0 aliphatic carbocycles. The van der Waals surface area contributed by atoms with Crippen LogP contribution in [-0.4, -0.2) is 30.4 Å². The molecular formula is C13H16O4. The summed E-state index contributed by atoms with van der Waals surface area (Å²) in [5.41, 5.74) is 1.05. The van der Waals surface area contributed by atoms with Crippen LogP contribution in [0.2, 0.25) is 0 Å². The van der Waals surface area contributed by atoms with E-state index in [9.17, 15) is 9.90 Å². The highest BCUT2D eigenvalue weighted by Crippen LogP contribution is 2.18. The third-order valence-electron chi connectivity index (χ3n) is 2.84. The molecule has 1 aliphatic heterocycles. The average Bonchev–Trinajstić information content (AvgIpc) is 2.77. The molecule has 2 rings (SSSR count). The Balaban J connectivity index is 1.73. The minimum Gasteiger partial charge on any atom is -0.465 e. The van der Waals surface area contributed by atoms with Gasteiger partial charge >= 0.3 is 5.97 Å². The quantitative estimate of drug-likeness (QED) is 0.778. The molecule has 1 aromatic rings. The van der Waals surface area contributed by atoms with E-state index in [1.807, 2.05) is 30.3 Å². The molecule has 4 heteroatoms. The Morgan fingerprint density at radius 2 is 2.18 bits per heavy atom. The second kappa shape index (κ2) is 5.80. The van der Waals surface area contributed by atoms with Gasteiger partial charge in [-0.3, -0.25) is 4.79 Å². The van der Waals surface area contributed by atoms with Gasteiger partial charge in [0, 0.05) is 0 Å². The molecule has 0 saturated carbocycles. The molecule has 1 heterocycles. The van der Waals surface area contributed by atoms with Crippen molar-refractivity contribution >= 4 is 5.97 Å². The van der Waals surface area contributed by atoms with E-state index < -0.39 is 12.0 Å². The van der Waals surface area contributed by atoms with Gasteiger partial charge in [-0.25, -0.2) is 0 Å². The van der Waals surface area contributed by atoms with Crippen LogP contribution >= 0.6 is 0 Å². The van der Waals surface area contributed by atoms with E-state index in [4.69, 9.17) is 9.47 Å². The molecule has 1 saturated heterocycles. The van der Waals surface area contributed by atoms with Crippen molar-refractivity contribution in [1.82, 2.24) is 0 Å². The fourth-order valence-electron chi connectivity index (χ4n) is 1.85. The number of rotatable bonds is 5. The minimum atomic E-state index is -0.770. The van der Waals surface area contributed by atoms with Gasteiger partial charge in [-0.1, -0.05) is 30.3 Å². The molecule has 1 fully saturated rings. The highest BCUT2D eigenvalue weighted by molar-refractivity contribution is 5.74. The monoisotopic (exact) mass is 236 g/mol. The second-order valence-electron chi connectivity index (χ2n) is 4.13. The number of hydrogen-bond acceptors (Lipinski definition) is 4. The zero-order valence-electron chi connectivity index (χ0n) is 9.54. The molecule has 2 atom stereocenters. The molecule has 0 amide bonds. The lowest BCUT2D eigenvalue weighted by Crippen LogP contribution is -2.28. The van der Waals surface area contributed by atoms with Gasteiger partial charge in [0.15, 0.2) is 0 Å². The molecule has 0 radical (unpaired) electrons. The van der Waals surface area contributed by atoms with E-state index >= 15 is 0 Å². The highest BCUT2D eigenvalue weighted by Gasteiger charge is 2.33. The first-order valence-corrected chi connectivity index (χ1v) is 5.74. The van der Waals surface area contributed by atoms with Crippen molar-refractivity contribution in [3.05, 3.63) is 35.9 Å². The summed E-state index contributed by atoms with van der Waals surface area (Å²) in [7, 11) is 0. The number of carbonyl (C=O) groups is 1.